The van der Waals surface area contributed by atoms with Crippen molar-refractivity contribution in [3.05, 3.63) is 47.8 Å². The van der Waals surface area contributed by atoms with Crippen LogP contribution in [0.5, 0.6) is 5.75 Å². The number of methoxy groups -OCH3 is 1. The predicted octanol–water partition coefficient (Wildman–Crippen LogP) is 3.02. The first-order chi connectivity index (χ1) is 13.7. The Kier molecular flexibility index (Phi) is 9.72. The minimum absolute atomic E-state index is 0. The van der Waals surface area contributed by atoms with Crippen molar-refractivity contribution in [2.75, 3.05) is 39.9 Å². The molecule has 0 bridgehead atoms. The van der Waals surface area contributed by atoms with Crippen LogP contribution in [0, 0.1) is 0 Å². The lowest BCUT2D eigenvalue weighted by Gasteiger charge is -2.34. The van der Waals surface area contributed by atoms with Crippen LogP contribution in [0.15, 0.2) is 41.7 Å². The van der Waals surface area contributed by atoms with E-state index in [0.29, 0.717) is 6.61 Å². The molecule has 1 saturated heterocycles. The van der Waals surface area contributed by atoms with Gasteiger partial charge in [-0.05, 0) is 37.5 Å². The molecule has 2 heterocycles. The van der Waals surface area contributed by atoms with E-state index in [1.165, 1.54) is 5.56 Å². The third-order valence-electron chi connectivity index (χ3n) is 4.82. The summed E-state index contributed by atoms with van der Waals surface area (Å²) in [7, 11) is 3.63. The molecule has 0 spiro atoms. The highest BCUT2D eigenvalue weighted by molar-refractivity contribution is 14.0. The molecular formula is C21H32IN5O2. The maximum Gasteiger partial charge on any atom is 0.194 e. The number of hydrogen-bond donors (Lipinski definition) is 1. The number of benzene rings is 1. The summed E-state index contributed by atoms with van der Waals surface area (Å²) in [4.78, 5) is 7.14. The molecule has 2 aromatic rings. The molecule has 160 valence electrons. The summed E-state index contributed by atoms with van der Waals surface area (Å²) in [5.74, 6) is 1.87. The number of rotatable bonds is 7. The molecule has 1 unspecified atom stereocenters. The van der Waals surface area contributed by atoms with Gasteiger partial charge in [0.05, 0.1) is 26.5 Å². The van der Waals surface area contributed by atoms with Gasteiger partial charge >= 0.3 is 0 Å². The molecule has 7 nitrogen and oxygen atoms in total. The molecule has 0 radical (unpaired) electrons. The Morgan fingerprint density at radius 1 is 1.41 bits per heavy atom. The van der Waals surface area contributed by atoms with E-state index < -0.39 is 0 Å². The van der Waals surface area contributed by atoms with Gasteiger partial charge in [-0.1, -0.05) is 12.1 Å². The van der Waals surface area contributed by atoms with Crippen LogP contribution in [0.25, 0.3) is 0 Å². The van der Waals surface area contributed by atoms with Crippen molar-refractivity contribution in [2.24, 2.45) is 12.0 Å². The maximum absolute atomic E-state index is 5.95. The summed E-state index contributed by atoms with van der Waals surface area (Å²) in [6.07, 6.45) is 5.92. The van der Waals surface area contributed by atoms with Gasteiger partial charge in [-0.2, -0.15) is 5.10 Å². The summed E-state index contributed by atoms with van der Waals surface area (Å²) >= 11 is 0. The van der Waals surface area contributed by atoms with Gasteiger partial charge in [0.25, 0.3) is 0 Å². The van der Waals surface area contributed by atoms with E-state index in [1.54, 1.807) is 7.11 Å². The lowest BCUT2D eigenvalue weighted by atomic mass is 10.1. The molecule has 1 atom stereocenters. The minimum atomic E-state index is 0. The average molecular weight is 513 g/mol. The second-order valence-electron chi connectivity index (χ2n) is 6.94. The van der Waals surface area contributed by atoms with Gasteiger partial charge in [-0.15, -0.1) is 24.0 Å². The van der Waals surface area contributed by atoms with Gasteiger partial charge in [0.15, 0.2) is 5.96 Å². The topological polar surface area (TPSA) is 63.9 Å². The summed E-state index contributed by atoms with van der Waals surface area (Å²) in [6.45, 7) is 6.06. The number of hydrogen-bond acceptors (Lipinski definition) is 4. The standard InChI is InChI=1S/C21H31N5O2.HI/c1-4-22-21(23-10-6-8-17-7-5-9-19(13-17)27-3)26-11-12-28-20(16-26)18-14-24-25(2)15-18;/h5,7,9,13-15,20H,4,6,8,10-12,16H2,1-3H3,(H,22,23);1H. The van der Waals surface area contributed by atoms with E-state index in [9.17, 15) is 0 Å². The van der Waals surface area contributed by atoms with Gasteiger partial charge in [0, 0.05) is 38.4 Å². The summed E-state index contributed by atoms with van der Waals surface area (Å²) in [5.41, 5.74) is 2.39. The highest BCUT2D eigenvalue weighted by Gasteiger charge is 2.25. The fourth-order valence-electron chi connectivity index (χ4n) is 3.37. The van der Waals surface area contributed by atoms with Crippen LogP contribution < -0.4 is 10.1 Å². The second kappa shape index (κ2) is 12.0. The molecule has 1 aromatic carbocycles. The summed E-state index contributed by atoms with van der Waals surface area (Å²) < 4.78 is 13.1. The first kappa shape index (κ1) is 23.5. The van der Waals surface area contributed by atoms with Crippen molar-refractivity contribution in [2.45, 2.75) is 25.9 Å². The molecule has 0 aliphatic carbocycles. The van der Waals surface area contributed by atoms with Crippen LogP contribution >= 0.6 is 24.0 Å². The van der Waals surface area contributed by atoms with E-state index in [0.717, 1.165) is 56.3 Å². The van der Waals surface area contributed by atoms with Crippen LogP contribution in [-0.4, -0.2) is 60.5 Å². The summed E-state index contributed by atoms with van der Waals surface area (Å²) in [6, 6.07) is 8.24. The highest BCUT2D eigenvalue weighted by Crippen LogP contribution is 2.21. The third-order valence-corrected chi connectivity index (χ3v) is 4.82. The Bertz CT molecular complexity index is 780. The van der Waals surface area contributed by atoms with Crippen LogP contribution in [-0.2, 0) is 18.2 Å². The lowest BCUT2D eigenvalue weighted by molar-refractivity contribution is -0.00804. The monoisotopic (exact) mass is 513 g/mol. The van der Waals surface area contributed by atoms with Gasteiger partial charge in [0.1, 0.15) is 11.9 Å². The zero-order valence-corrected chi connectivity index (χ0v) is 19.8. The number of halogens is 1. The SMILES string of the molecule is CCNC(=NCCCc1cccc(OC)c1)N1CCOC(c2cnn(C)c2)C1.I. The van der Waals surface area contributed by atoms with Crippen molar-refractivity contribution in [1.29, 1.82) is 0 Å². The Hall–Kier alpha value is -1.81. The quantitative estimate of drug-likeness (QED) is 0.267. The zero-order chi connectivity index (χ0) is 19.8. The number of guanidine groups is 1. The number of aromatic nitrogens is 2. The predicted molar refractivity (Wildman–Crippen MR) is 126 cm³/mol. The van der Waals surface area contributed by atoms with Crippen LogP contribution in [0.3, 0.4) is 0 Å². The highest BCUT2D eigenvalue weighted by atomic mass is 127. The first-order valence-corrected chi connectivity index (χ1v) is 9.96. The van der Waals surface area contributed by atoms with Crippen LogP contribution in [0.2, 0.25) is 0 Å². The molecule has 1 fully saturated rings. The molecule has 1 aliphatic rings. The molecule has 3 rings (SSSR count). The van der Waals surface area contributed by atoms with Crippen molar-refractivity contribution in [1.82, 2.24) is 20.0 Å². The third kappa shape index (κ3) is 6.88. The van der Waals surface area contributed by atoms with Gasteiger partial charge in [-0.25, -0.2) is 0 Å². The molecule has 8 heteroatoms. The number of nitrogens with one attached hydrogen (secondary N) is 1. The van der Waals surface area contributed by atoms with Crippen molar-refractivity contribution >= 4 is 29.9 Å². The van der Waals surface area contributed by atoms with E-state index in [1.807, 2.05) is 36.3 Å². The number of nitrogens with zero attached hydrogens (tertiary/aromatic N) is 4. The lowest BCUT2D eigenvalue weighted by Crippen LogP contribution is -2.48. The maximum atomic E-state index is 5.95. The second-order valence-corrected chi connectivity index (χ2v) is 6.94. The van der Waals surface area contributed by atoms with Crippen molar-refractivity contribution in [3.63, 3.8) is 0 Å². The van der Waals surface area contributed by atoms with Gasteiger partial charge in [0.2, 0.25) is 0 Å². The van der Waals surface area contributed by atoms with E-state index in [4.69, 9.17) is 14.5 Å². The van der Waals surface area contributed by atoms with Gasteiger partial charge < -0.3 is 19.7 Å². The molecule has 1 aliphatic heterocycles. The van der Waals surface area contributed by atoms with Crippen molar-refractivity contribution < 1.29 is 9.47 Å². The Balaban J connectivity index is 0.00000300. The number of ether oxygens (including phenoxy) is 2. The first-order valence-electron chi connectivity index (χ1n) is 9.96. The van der Waals surface area contributed by atoms with E-state index in [-0.39, 0.29) is 30.1 Å². The van der Waals surface area contributed by atoms with Crippen LogP contribution in [0.4, 0.5) is 0 Å². The Morgan fingerprint density at radius 3 is 3.00 bits per heavy atom. The van der Waals surface area contributed by atoms with E-state index >= 15 is 0 Å². The Morgan fingerprint density at radius 2 is 2.28 bits per heavy atom. The normalized spacial score (nSPS) is 17.0. The number of aryl methyl sites for hydroxylation is 2. The van der Waals surface area contributed by atoms with Crippen LogP contribution in [0.1, 0.15) is 30.6 Å². The zero-order valence-electron chi connectivity index (χ0n) is 17.5. The molecular weight excluding hydrogens is 481 g/mol. The largest absolute Gasteiger partial charge is 0.497 e. The molecule has 29 heavy (non-hydrogen) atoms. The van der Waals surface area contributed by atoms with Crippen molar-refractivity contribution in [3.8, 4) is 5.75 Å². The van der Waals surface area contributed by atoms with Gasteiger partial charge in [-0.3, -0.25) is 9.67 Å². The average Bonchev–Trinajstić information content (AvgIpc) is 3.17. The fraction of sp³-hybridized carbons (Fsp3) is 0.524. The fourth-order valence-corrected chi connectivity index (χ4v) is 3.37. The molecule has 1 N–H and O–H groups in total. The molecule has 0 amide bonds. The Labute approximate surface area is 190 Å². The molecule has 0 saturated carbocycles. The smallest absolute Gasteiger partial charge is 0.194 e. The number of morpholine rings is 1. The molecule has 1 aromatic heterocycles. The van der Waals surface area contributed by atoms with E-state index in [2.05, 4.69) is 34.4 Å². The number of aliphatic imine (C=N–C) groups is 1. The minimum Gasteiger partial charge on any atom is -0.497 e. The summed E-state index contributed by atoms with van der Waals surface area (Å²) in [5, 5.41) is 7.69.